The molecule has 0 aliphatic carbocycles. The first kappa shape index (κ1) is 27.6. The summed E-state index contributed by atoms with van der Waals surface area (Å²) < 4.78 is 39.6. The minimum atomic E-state index is -4.88. The number of aromatic hydroxyl groups is 1. The van der Waals surface area contributed by atoms with Crippen molar-refractivity contribution in [3.05, 3.63) is 58.1 Å². The Balaban J connectivity index is 1.36. The number of anilines is 1. The quantitative estimate of drug-likeness (QED) is 0.477. The largest absolute Gasteiger partial charge is 0.506 e. The fraction of sp³-hybridized carbons (Fsp3) is 0.423. The number of phenols is 1. The summed E-state index contributed by atoms with van der Waals surface area (Å²) in [6, 6.07) is 9.04. The SMILES string of the molecule is O=C(O)[C@H](CC(=O)N1CCC(N2CCc3ccccc3NC2=O)CC1)Cc1cc(Cl)c(O)c(C(F)(F)F)c1. The predicted octanol–water partition coefficient (Wildman–Crippen LogP) is 4.78. The first-order chi connectivity index (χ1) is 17.9. The number of phenolic OH excluding ortho intramolecular Hbond substituents is 1. The van der Waals surface area contributed by atoms with Gasteiger partial charge in [-0.3, -0.25) is 9.59 Å². The van der Waals surface area contributed by atoms with E-state index in [1.54, 1.807) is 4.90 Å². The Kier molecular flexibility index (Phi) is 8.05. The Hall–Kier alpha value is -3.47. The van der Waals surface area contributed by atoms with Crippen molar-refractivity contribution in [3.8, 4) is 5.75 Å². The Bertz CT molecular complexity index is 1230. The molecule has 2 aromatic rings. The number of urea groups is 1. The topological polar surface area (TPSA) is 110 Å². The smallest absolute Gasteiger partial charge is 0.420 e. The second-order valence-corrected chi connectivity index (χ2v) is 9.96. The molecule has 0 aromatic heterocycles. The normalized spacial score (nSPS) is 17.4. The predicted molar refractivity (Wildman–Crippen MR) is 133 cm³/mol. The summed E-state index contributed by atoms with van der Waals surface area (Å²) in [5.74, 6) is -4.16. The molecule has 204 valence electrons. The number of nitrogens with zero attached hydrogens (tertiary/aromatic N) is 2. The lowest BCUT2D eigenvalue weighted by Gasteiger charge is -2.38. The fourth-order valence-electron chi connectivity index (χ4n) is 5.03. The second-order valence-electron chi connectivity index (χ2n) is 9.56. The maximum absolute atomic E-state index is 13.2. The monoisotopic (exact) mass is 553 g/mol. The minimum Gasteiger partial charge on any atom is -0.506 e. The van der Waals surface area contributed by atoms with Crippen LogP contribution in [0.1, 0.15) is 36.0 Å². The number of para-hydroxylation sites is 1. The molecule has 1 fully saturated rings. The zero-order valence-corrected chi connectivity index (χ0v) is 21.1. The Morgan fingerprint density at radius 1 is 1.13 bits per heavy atom. The zero-order valence-electron chi connectivity index (χ0n) is 20.3. The molecular weight excluding hydrogens is 527 g/mol. The van der Waals surface area contributed by atoms with E-state index in [1.165, 1.54) is 4.90 Å². The van der Waals surface area contributed by atoms with Gasteiger partial charge in [-0.15, -0.1) is 0 Å². The van der Waals surface area contributed by atoms with Gasteiger partial charge >= 0.3 is 18.2 Å². The Labute approximate surface area is 222 Å². The molecule has 1 saturated heterocycles. The highest BCUT2D eigenvalue weighted by molar-refractivity contribution is 6.32. The number of alkyl halides is 3. The molecule has 0 saturated carbocycles. The van der Waals surface area contributed by atoms with Gasteiger partial charge in [0.2, 0.25) is 5.91 Å². The molecule has 38 heavy (non-hydrogen) atoms. The summed E-state index contributed by atoms with van der Waals surface area (Å²) in [6.07, 6.45) is -3.90. The van der Waals surface area contributed by atoms with E-state index < -0.39 is 46.7 Å². The molecular formula is C26H27ClF3N3O5. The van der Waals surface area contributed by atoms with Gasteiger partial charge in [0, 0.05) is 37.8 Å². The highest BCUT2D eigenvalue weighted by Gasteiger charge is 2.36. The van der Waals surface area contributed by atoms with E-state index >= 15 is 0 Å². The molecule has 8 nitrogen and oxygen atoms in total. The maximum atomic E-state index is 13.2. The van der Waals surface area contributed by atoms with Crippen LogP contribution in [-0.4, -0.2) is 63.6 Å². The molecule has 2 aliphatic heterocycles. The average Bonchev–Trinajstić information content (AvgIpc) is 3.03. The number of carboxylic acid groups (broad SMARTS) is 1. The van der Waals surface area contributed by atoms with Crippen LogP contribution in [0.25, 0.3) is 0 Å². The molecule has 2 aliphatic rings. The van der Waals surface area contributed by atoms with Crippen LogP contribution in [0.4, 0.5) is 23.7 Å². The molecule has 0 unspecified atom stereocenters. The van der Waals surface area contributed by atoms with Crippen molar-refractivity contribution in [1.82, 2.24) is 9.80 Å². The van der Waals surface area contributed by atoms with Crippen molar-refractivity contribution in [3.63, 3.8) is 0 Å². The van der Waals surface area contributed by atoms with Crippen LogP contribution in [0, 0.1) is 5.92 Å². The third-order valence-electron chi connectivity index (χ3n) is 7.08. The van der Waals surface area contributed by atoms with E-state index in [0.717, 1.165) is 17.3 Å². The first-order valence-corrected chi connectivity index (χ1v) is 12.6. The van der Waals surface area contributed by atoms with Gasteiger partial charge in [-0.1, -0.05) is 29.8 Å². The first-order valence-electron chi connectivity index (χ1n) is 12.2. The van der Waals surface area contributed by atoms with Crippen molar-refractivity contribution >= 4 is 35.2 Å². The number of fused-ring (bicyclic) bond motifs is 1. The lowest BCUT2D eigenvalue weighted by molar-refractivity contribution is -0.146. The summed E-state index contributed by atoms with van der Waals surface area (Å²) in [4.78, 5) is 40.9. The number of carbonyl (C=O) groups excluding carboxylic acids is 2. The second kappa shape index (κ2) is 11.1. The standard InChI is InChI=1S/C26H27ClF3N3O5/c27-20-13-15(12-19(23(20)35)26(28,29)30)11-17(24(36)37)14-22(34)32-8-6-18(7-9-32)33-10-5-16-3-1-2-4-21(16)31-25(33)38/h1-4,12-13,17-18,35H,5-11,14H2,(H,31,38)(H,36,37)/t17-/m0/s1. The van der Waals surface area contributed by atoms with Gasteiger partial charge < -0.3 is 25.3 Å². The van der Waals surface area contributed by atoms with E-state index in [-0.39, 0.29) is 24.1 Å². The molecule has 12 heteroatoms. The van der Waals surface area contributed by atoms with E-state index in [4.69, 9.17) is 11.6 Å². The van der Waals surface area contributed by atoms with Crippen molar-refractivity contribution in [2.24, 2.45) is 5.92 Å². The van der Waals surface area contributed by atoms with Crippen LogP contribution in [-0.2, 0) is 28.6 Å². The van der Waals surface area contributed by atoms with Crippen LogP contribution >= 0.6 is 11.6 Å². The fourth-order valence-corrected chi connectivity index (χ4v) is 5.27. The van der Waals surface area contributed by atoms with Gasteiger partial charge in [0.1, 0.15) is 5.75 Å². The number of nitrogens with one attached hydrogen (secondary N) is 1. The number of benzene rings is 2. The highest BCUT2D eigenvalue weighted by atomic mass is 35.5. The summed E-state index contributed by atoms with van der Waals surface area (Å²) in [5, 5.41) is 21.7. The number of amides is 3. The van der Waals surface area contributed by atoms with E-state index in [0.29, 0.717) is 45.0 Å². The maximum Gasteiger partial charge on any atom is 0.420 e. The molecule has 3 amide bonds. The lowest BCUT2D eigenvalue weighted by Crippen LogP contribution is -2.50. The number of hydrogen-bond acceptors (Lipinski definition) is 4. The third-order valence-corrected chi connectivity index (χ3v) is 7.37. The Morgan fingerprint density at radius 3 is 2.47 bits per heavy atom. The number of halogens is 4. The van der Waals surface area contributed by atoms with E-state index in [9.17, 15) is 37.8 Å². The van der Waals surface area contributed by atoms with Crippen LogP contribution in [0.3, 0.4) is 0 Å². The van der Waals surface area contributed by atoms with Crippen LogP contribution < -0.4 is 5.32 Å². The number of hydrogen-bond donors (Lipinski definition) is 3. The third kappa shape index (κ3) is 6.15. The van der Waals surface area contributed by atoms with Crippen molar-refractivity contribution in [2.45, 2.75) is 44.3 Å². The summed E-state index contributed by atoms with van der Waals surface area (Å²) in [5.41, 5.74) is 0.419. The van der Waals surface area contributed by atoms with Gasteiger partial charge in [-0.25, -0.2) is 4.79 Å². The number of aliphatic carboxylic acids is 1. The molecule has 3 N–H and O–H groups in total. The van der Waals surface area contributed by atoms with Gasteiger partial charge in [0.05, 0.1) is 16.5 Å². The number of carboxylic acids is 1. The molecule has 1 atom stereocenters. The molecule has 2 heterocycles. The summed E-state index contributed by atoms with van der Waals surface area (Å²) in [7, 11) is 0. The number of rotatable bonds is 6. The summed E-state index contributed by atoms with van der Waals surface area (Å²) >= 11 is 5.74. The lowest BCUT2D eigenvalue weighted by atomic mass is 9.93. The van der Waals surface area contributed by atoms with Gasteiger partial charge in [-0.2, -0.15) is 13.2 Å². The van der Waals surface area contributed by atoms with Crippen molar-refractivity contribution < 1.29 is 37.8 Å². The van der Waals surface area contributed by atoms with Crippen molar-refractivity contribution in [1.29, 1.82) is 0 Å². The summed E-state index contributed by atoms with van der Waals surface area (Å²) in [6.45, 7) is 1.20. The van der Waals surface area contributed by atoms with Crippen LogP contribution in [0.5, 0.6) is 5.75 Å². The van der Waals surface area contributed by atoms with Crippen LogP contribution in [0.2, 0.25) is 5.02 Å². The van der Waals surface area contributed by atoms with E-state index in [2.05, 4.69) is 5.32 Å². The molecule has 4 rings (SSSR count). The van der Waals surface area contributed by atoms with Gasteiger partial charge in [0.25, 0.3) is 0 Å². The Morgan fingerprint density at radius 2 is 1.82 bits per heavy atom. The van der Waals surface area contributed by atoms with Crippen molar-refractivity contribution in [2.75, 3.05) is 25.0 Å². The number of likely N-dealkylation sites (tertiary alicyclic amines) is 1. The molecule has 0 radical (unpaired) electrons. The van der Waals surface area contributed by atoms with E-state index in [1.807, 2.05) is 24.3 Å². The highest BCUT2D eigenvalue weighted by Crippen LogP contribution is 2.40. The molecule has 0 spiro atoms. The van der Waals surface area contributed by atoms with Gasteiger partial charge in [-0.05, 0) is 55.0 Å². The molecule has 0 bridgehead atoms. The number of carbonyl (C=O) groups is 3. The molecule has 2 aromatic carbocycles. The van der Waals surface area contributed by atoms with Gasteiger partial charge in [0.15, 0.2) is 0 Å². The average molecular weight is 554 g/mol. The van der Waals surface area contributed by atoms with Crippen LogP contribution in [0.15, 0.2) is 36.4 Å². The number of piperidine rings is 1. The zero-order chi connectivity index (χ0) is 27.6. The minimum absolute atomic E-state index is 0.0489.